The highest BCUT2D eigenvalue weighted by molar-refractivity contribution is 5.73. The summed E-state index contributed by atoms with van der Waals surface area (Å²) in [4.78, 5) is 14.8. The molecular formula is C12H21N3O2. The lowest BCUT2D eigenvalue weighted by molar-refractivity contribution is -0.146. The summed E-state index contributed by atoms with van der Waals surface area (Å²) >= 11 is 0. The van der Waals surface area contributed by atoms with Gasteiger partial charge in [-0.25, -0.2) is 4.98 Å². The Morgan fingerprint density at radius 1 is 1.47 bits per heavy atom. The predicted molar refractivity (Wildman–Crippen MR) is 65.7 cm³/mol. The summed E-state index contributed by atoms with van der Waals surface area (Å²) in [6, 6.07) is 0. The van der Waals surface area contributed by atoms with Crippen LogP contribution in [-0.4, -0.2) is 33.7 Å². The van der Waals surface area contributed by atoms with Gasteiger partial charge in [-0.1, -0.05) is 0 Å². The van der Waals surface area contributed by atoms with Crippen LogP contribution in [0.4, 0.5) is 0 Å². The zero-order valence-corrected chi connectivity index (χ0v) is 10.5. The number of aromatic nitrogens is 2. The lowest BCUT2D eigenvalue weighted by atomic mass is 9.94. The Hall–Kier alpha value is -1.36. The third kappa shape index (κ3) is 4.99. The molecule has 1 aromatic rings. The number of unbranched alkanes of at least 4 members (excludes halogenated alkanes) is 1. The Morgan fingerprint density at radius 2 is 2.24 bits per heavy atom. The van der Waals surface area contributed by atoms with Crippen molar-refractivity contribution >= 4 is 5.97 Å². The summed E-state index contributed by atoms with van der Waals surface area (Å²) in [6.07, 6.45) is 7.63. The van der Waals surface area contributed by atoms with Crippen molar-refractivity contribution in [2.24, 2.45) is 5.41 Å². The van der Waals surface area contributed by atoms with Gasteiger partial charge >= 0.3 is 5.97 Å². The van der Waals surface area contributed by atoms with Crippen molar-refractivity contribution in [1.82, 2.24) is 14.9 Å². The zero-order chi connectivity index (χ0) is 12.7. The first-order valence-corrected chi connectivity index (χ1v) is 5.92. The number of nitrogens with one attached hydrogen (secondary N) is 1. The Morgan fingerprint density at radius 3 is 2.82 bits per heavy atom. The molecule has 0 aromatic carbocycles. The first kappa shape index (κ1) is 13.7. The van der Waals surface area contributed by atoms with Crippen LogP contribution >= 0.6 is 0 Å². The van der Waals surface area contributed by atoms with Crippen molar-refractivity contribution in [3.8, 4) is 0 Å². The largest absolute Gasteiger partial charge is 0.481 e. The third-order valence-electron chi connectivity index (χ3n) is 2.72. The van der Waals surface area contributed by atoms with E-state index in [0.29, 0.717) is 6.54 Å². The van der Waals surface area contributed by atoms with Crippen molar-refractivity contribution in [1.29, 1.82) is 0 Å². The molecule has 5 heteroatoms. The van der Waals surface area contributed by atoms with Crippen LogP contribution in [0.2, 0.25) is 0 Å². The summed E-state index contributed by atoms with van der Waals surface area (Å²) in [5.41, 5.74) is -0.690. The molecule has 0 saturated heterocycles. The van der Waals surface area contributed by atoms with E-state index in [1.165, 1.54) is 0 Å². The SMILES string of the molecule is CC(C)(CNCCCCn1ccnc1)C(=O)O. The number of hydrogen-bond acceptors (Lipinski definition) is 3. The fourth-order valence-electron chi connectivity index (χ4n) is 1.44. The maximum absolute atomic E-state index is 10.8. The summed E-state index contributed by atoms with van der Waals surface area (Å²) in [5.74, 6) is -0.761. The van der Waals surface area contributed by atoms with E-state index in [1.54, 1.807) is 26.4 Å². The van der Waals surface area contributed by atoms with Crippen molar-refractivity contribution in [2.75, 3.05) is 13.1 Å². The van der Waals surface area contributed by atoms with Crippen molar-refractivity contribution in [3.63, 3.8) is 0 Å². The Labute approximate surface area is 102 Å². The fraction of sp³-hybridized carbons (Fsp3) is 0.667. The minimum Gasteiger partial charge on any atom is -0.481 e. The molecule has 96 valence electrons. The maximum atomic E-state index is 10.8. The van der Waals surface area contributed by atoms with E-state index < -0.39 is 11.4 Å². The van der Waals surface area contributed by atoms with Crippen LogP contribution in [0.1, 0.15) is 26.7 Å². The van der Waals surface area contributed by atoms with Crippen molar-refractivity contribution in [2.45, 2.75) is 33.2 Å². The second kappa shape index (κ2) is 6.39. The molecule has 0 aliphatic heterocycles. The number of rotatable bonds is 8. The molecule has 2 N–H and O–H groups in total. The van der Waals surface area contributed by atoms with Crippen LogP contribution in [0.5, 0.6) is 0 Å². The van der Waals surface area contributed by atoms with Gasteiger partial charge in [0.15, 0.2) is 0 Å². The summed E-state index contributed by atoms with van der Waals surface area (Å²) in [6.45, 7) is 5.78. The molecule has 0 unspecified atom stereocenters. The predicted octanol–water partition coefficient (Wildman–Crippen LogP) is 1.36. The highest BCUT2D eigenvalue weighted by atomic mass is 16.4. The molecule has 5 nitrogen and oxygen atoms in total. The van der Waals surface area contributed by atoms with Crippen LogP contribution in [0, 0.1) is 5.41 Å². The lowest BCUT2D eigenvalue weighted by Gasteiger charge is -2.19. The van der Waals surface area contributed by atoms with Gasteiger partial charge in [0, 0.05) is 25.5 Å². The molecule has 0 aliphatic rings. The van der Waals surface area contributed by atoms with Gasteiger partial charge < -0.3 is 15.0 Å². The Balaban J connectivity index is 2.03. The number of imidazole rings is 1. The second-order valence-corrected chi connectivity index (χ2v) is 4.87. The van der Waals surface area contributed by atoms with Crippen LogP contribution in [0.25, 0.3) is 0 Å². The number of carboxylic acids is 1. The molecule has 0 bridgehead atoms. The average molecular weight is 239 g/mol. The van der Waals surface area contributed by atoms with Crippen LogP contribution < -0.4 is 5.32 Å². The monoisotopic (exact) mass is 239 g/mol. The van der Waals surface area contributed by atoms with E-state index in [4.69, 9.17) is 5.11 Å². The van der Waals surface area contributed by atoms with Crippen molar-refractivity contribution in [3.05, 3.63) is 18.7 Å². The molecule has 1 rings (SSSR count). The molecule has 17 heavy (non-hydrogen) atoms. The summed E-state index contributed by atoms with van der Waals surface area (Å²) < 4.78 is 2.04. The second-order valence-electron chi connectivity index (χ2n) is 4.87. The van der Waals surface area contributed by atoms with Gasteiger partial charge in [-0.05, 0) is 33.2 Å². The smallest absolute Gasteiger partial charge is 0.310 e. The Kier molecular flexibility index (Phi) is 5.15. The highest BCUT2D eigenvalue weighted by Crippen LogP contribution is 2.12. The number of carboxylic acid groups (broad SMARTS) is 1. The first-order valence-electron chi connectivity index (χ1n) is 5.92. The number of carbonyl (C=O) groups is 1. The quantitative estimate of drug-likeness (QED) is 0.672. The maximum Gasteiger partial charge on any atom is 0.310 e. The standard InChI is InChI=1S/C12H21N3O2/c1-12(2,11(16)17)9-13-5-3-4-7-15-8-6-14-10-15/h6,8,10,13H,3-5,7,9H2,1-2H3,(H,16,17). The molecule has 0 amide bonds. The normalized spacial score (nSPS) is 11.6. The van der Waals surface area contributed by atoms with E-state index in [-0.39, 0.29) is 0 Å². The van der Waals surface area contributed by atoms with Gasteiger partial charge in [0.05, 0.1) is 11.7 Å². The van der Waals surface area contributed by atoms with Gasteiger partial charge in [-0.3, -0.25) is 4.79 Å². The third-order valence-corrected chi connectivity index (χ3v) is 2.72. The van der Waals surface area contributed by atoms with Gasteiger partial charge in [0.2, 0.25) is 0 Å². The topological polar surface area (TPSA) is 67.2 Å². The molecule has 0 aliphatic carbocycles. The van der Waals surface area contributed by atoms with Gasteiger partial charge in [-0.2, -0.15) is 0 Å². The first-order chi connectivity index (χ1) is 8.02. The summed E-state index contributed by atoms with van der Waals surface area (Å²) in [7, 11) is 0. The van der Waals surface area contributed by atoms with Gasteiger partial charge in [0.25, 0.3) is 0 Å². The average Bonchev–Trinajstić information content (AvgIpc) is 2.75. The number of aryl methyl sites for hydroxylation is 1. The van der Waals surface area contributed by atoms with Crippen molar-refractivity contribution < 1.29 is 9.90 Å². The minimum atomic E-state index is -0.761. The van der Waals surface area contributed by atoms with Crippen LogP contribution in [0.15, 0.2) is 18.7 Å². The number of hydrogen-bond donors (Lipinski definition) is 2. The zero-order valence-electron chi connectivity index (χ0n) is 10.5. The molecule has 0 atom stereocenters. The molecule has 0 saturated carbocycles. The molecule has 0 radical (unpaired) electrons. The lowest BCUT2D eigenvalue weighted by Crippen LogP contribution is -2.36. The van der Waals surface area contributed by atoms with Crippen LogP contribution in [0.3, 0.4) is 0 Å². The Bertz CT molecular complexity index is 334. The molecule has 1 heterocycles. The van der Waals surface area contributed by atoms with E-state index in [1.807, 2.05) is 10.8 Å². The molecule has 0 spiro atoms. The van der Waals surface area contributed by atoms with E-state index in [9.17, 15) is 4.79 Å². The van der Waals surface area contributed by atoms with Gasteiger partial charge in [-0.15, -0.1) is 0 Å². The highest BCUT2D eigenvalue weighted by Gasteiger charge is 2.25. The fourth-order valence-corrected chi connectivity index (χ4v) is 1.44. The molecule has 0 fully saturated rings. The number of nitrogens with zero attached hydrogens (tertiary/aromatic N) is 2. The van der Waals surface area contributed by atoms with E-state index >= 15 is 0 Å². The van der Waals surface area contributed by atoms with Gasteiger partial charge in [0.1, 0.15) is 0 Å². The molecular weight excluding hydrogens is 218 g/mol. The summed E-state index contributed by atoms with van der Waals surface area (Å²) in [5, 5.41) is 12.1. The van der Waals surface area contributed by atoms with Crippen LogP contribution in [-0.2, 0) is 11.3 Å². The van der Waals surface area contributed by atoms with E-state index in [2.05, 4.69) is 10.3 Å². The number of aliphatic carboxylic acids is 1. The molecule has 1 aromatic heterocycles. The minimum absolute atomic E-state index is 0.507. The van der Waals surface area contributed by atoms with E-state index in [0.717, 1.165) is 25.9 Å².